The Kier molecular flexibility index (Phi) is 4.82. The van der Waals surface area contributed by atoms with Gasteiger partial charge in [-0.3, -0.25) is 9.69 Å². The summed E-state index contributed by atoms with van der Waals surface area (Å²) >= 11 is 0. The van der Waals surface area contributed by atoms with Crippen LogP contribution in [0.25, 0.3) is 5.65 Å². The lowest BCUT2D eigenvalue weighted by atomic mass is 10.1. The molecule has 3 heterocycles. The van der Waals surface area contributed by atoms with Crippen LogP contribution >= 0.6 is 0 Å². The number of carbonyl (C=O) groups is 1. The van der Waals surface area contributed by atoms with Crippen LogP contribution in [0.1, 0.15) is 66.8 Å². The number of aromatic nitrogens is 2. The topological polar surface area (TPSA) is 50.1 Å². The maximum atomic E-state index is 13.9. The van der Waals surface area contributed by atoms with E-state index in [2.05, 4.69) is 4.98 Å². The molecule has 0 bridgehead atoms. The Bertz CT molecular complexity index is 1100. The quantitative estimate of drug-likeness (QED) is 0.671. The zero-order valence-electron chi connectivity index (χ0n) is 18.9. The zero-order valence-corrected chi connectivity index (χ0v) is 18.9. The van der Waals surface area contributed by atoms with E-state index in [1.165, 1.54) is 19.6 Å². The van der Waals surface area contributed by atoms with E-state index in [-0.39, 0.29) is 24.0 Å². The number of hydrogen-bond acceptors (Lipinski definition) is 4. The minimum Gasteiger partial charge on any atom is -0.360 e. The Morgan fingerprint density at radius 1 is 1.15 bits per heavy atom. The van der Waals surface area contributed by atoms with E-state index >= 15 is 0 Å². The summed E-state index contributed by atoms with van der Waals surface area (Å²) in [6, 6.07) is 1.59. The minimum atomic E-state index is -4.49. The molecule has 3 saturated carbocycles. The number of aryl methyl sites for hydroxylation is 1. The van der Waals surface area contributed by atoms with Crippen molar-refractivity contribution in [1.82, 2.24) is 19.2 Å². The van der Waals surface area contributed by atoms with Gasteiger partial charge < -0.3 is 14.0 Å². The summed E-state index contributed by atoms with van der Waals surface area (Å²) in [4.78, 5) is 21.3. The molecule has 1 aliphatic heterocycles. The Morgan fingerprint density at radius 3 is 2.48 bits per heavy atom. The lowest BCUT2D eigenvalue weighted by Gasteiger charge is -2.40. The fourth-order valence-corrected chi connectivity index (χ4v) is 6.04. The highest BCUT2D eigenvalue weighted by atomic mass is 19.4. The molecule has 1 saturated heterocycles. The molecule has 3 unspecified atom stereocenters. The molecule has 0 radical (unpaired) electrons. The van der Waals surface area contributed by atoms with Crippen LogP contribution in [-0.2, 0) is 15.7 Å². The van der Waals surface area contributed by atoms with Gasteiger partial charge in [-0.2, -0.15) is 13.2 Å². The third-order valence-corrected chi connectivity index (χ3v) is 8.11. The molecule has 33 heavy (non-hydrogen) atoms. The second-order valence-electron chi connectivity index (χ2n) is 10.3. The first kappa shape index (κ1) is 21.4. The number of hydrogen-bond donors (Lipinski definition) is 0. The molecule has 2 aromatic heterocycles. The Labute approximate surface area is 190 Å². The standard InChI is InChI=1S/C24H29F3N4O2/c1-13-21(28-22-19(24(25,26)27)10-17(11-31(13)22)14-3-4-14)23(33-2)29-5-6-30(20(32)12-29)18-8-15-7-16(15)9-18/h10-11,14-16,18,23H,3-9,12H2,1-2H3. The average Bonchev–Trinajstić information content (AvgIpc) is 3.69. The molecule has 4 aliphatic rings. The van der Waals surface area contributed by atoms with E-state index in [0.717, 1.165) is 37.5 Å². The van der Waals surface area contributed by atoms with Crippen molar-refractivity contribution < 1.29 is 22.7 Å². The van der Waals surface area contributed by atoms with Gasteiger partial charge in [0.2, 0.25) is 5.91 Å². The van der Waals surface area contributed by atoms with Gasteiger partial charge in [-0.1, -0.05) is 0 Å². The molecule has 0 N–H and O–H groups in total. The van der Waals surface area contributed by atoms with E-state index in [1.54, 1.807) is 17.5 Å². The predicted octanol–water partition coefficient (Wildman–Crippen LogP) is 4.13. The summed E-state index contributed by atoms with van der Waals surface area (Å²) in [5.41, 5.74) is 0.956. The third kappa shape index (κ3) is 3.64. The van der Waals surface area contributed by atoms with Crippen LogP contribution in [0.5, 0.6) is 0 Å². The average molecular weight is 463 g/mol. The zero-order chi connectivity index (χ0) is 23.1. The van der Waals surface area contributed by atoms with Crippen molar-refractivity contribution in [2.45, 2.75) is 63.4 Å². The monoisotopic (exact) mass is 462 g/mol. The summed E-state index contributed by atoms with van der Waals surface area (Å²) < 4.78 is 49.0. The number of rotatable bonds is 5. The van der Waals surface area contributed by atoms with Crippen molar-refractivity contribution >= 4 is 11.6 Å². The number of amides is 1. The summed E-state index contributed by atoms with van der Waals surface area (Å²) in [6.45, 7) is 3.20. The summed E-state index contributed by atoms with van der Waals surface area (Å²) in [5, 5.41) is 0. The van der Waals surface area contributed by atoms with Gasteiger partial charge in [0.15, 0.2) is 6.23 Å². The summed E-state index contributed by atoms with van der Waals surface area (Å²) in [6.07, 6.45) is 1.99. The van der Waals surface area contributed by atoms with Crippen LogP contribution in [0, 0.1) is 18.8 Å². The number of ether oxygens (including phenoxy) is 1. The second-order valence-corrected chi connectivity index (χ2v) is 10.3. The first-order valence-electron chi connectivity index (χ1n) is 11.9. The molecule has 0 aromatic carbocycles. The lowest BCUT2D eigenvalue weighted by Crippen LogP contribution is -2.54. The van der Waals surface area contributed by atoms with Crippen LogP contribution in [-0.4, -0.2) is 57.9 Å². The van der Waals surface area contributed by atoms with Crippen LogP contribution in [0.4, 0.5) is 13.2 Å². The first-order valence-corrected chi connectivity index (χ1v) is 11.9. The third-order valence-electron chi connectivity index (χ3n) is 8.11. The molecule has 0 spiro atoms. The van der Waals surface area contributed by atoms with Crippen LogP contribution in [0.2, 0.25) is 0 Å². The van der Waals surface area contributed by atoms with Gasteiger partial charge in [-0.25, -0.2) is 4.98 Å². The van der Waals surface area contributed by atoms with E-state index in [9.17, 15) is 18.0 Å². The highest BCUT2D eigenvalue weighted by molar-refractivity contribution is 5.79. The van der Waals surface area contributed by atoms with Gasteiger partial charge in [0.25, 0.3) is 0 Å². The van der Waals surface area contributed by atoms with Gasteiger partial charge in [0.05, 0.1) is 12.1 Å². The van der Waals surface area contributed by atoms with Crippen molar-refractivity contribution in [3.63, 3.8) is 0 Å². The van der Waals surface area contributed by atoms with Crippen molar-refractivity contribution in [2.75, 3.05) is 26.7 Å². The number of pyridine rings is 1. The molecule has 6 rings (SSSR count). The number of carbonyl (C=O) groups excluding carboxylic acids is 1. The summed E-state index contributed by atoms with van der Waals surface area (Å²) in [5.74, 6) is 1.86. The molecule has 1 amide bonds. The normalized spacial score (nSPS) is 29.1. The fourth-order valence-electron chi connectivity index (χ4n) is 6.04. The number of fused-ring (bicyclic) bond motifs is 2. The Morgan fingerprint density at radius 2 is 1.88 bits per heavy atom. The van der Waals surface area contributed by atoms with Crippen LogP contribution in [0.15, 0.2) is 12.3 Å². The number of piperazine rings is 1. The largest absolute Gasteiger partial charge is 0.419 e. The van der Waals surface area contributed by atoms with Crippen molar-refractivity contribution in [3.05, 3.63) is 34.8 Å². The molecule has 4 fully saturated rings. The predicted molar refractivity (Wildman–Crippen MR) is 115 cm³/mol. The summed E-state index contributed by atoms with van der Waals surface area (Å²) in [7, 11) is 1.52. The van der Waals surface area contributed by atoms with E-state index in [1.807, 2.05) is 9.80 Å². The number of halogens is 3. The van der Waals surface area contributed by atoms with Gasteiger partial charge >= 0.3 is 6.18 Å². The SMILES string of the molecule is COC(c1nc2c(C(F)(F)F)cc(C3CC3)cn2c1C)N1CCN(C2CC3CC3C2)C(=O)C1. The van der Waals surface area contributed by atoms with Crippen LogP contribution < -0.4 is 0 Å². The highest BCUT2D eigenvalue weighted by Gasteiger charge is 2.49. The molecule has 2 aromatic rings. The number of alkyl halides is 3. The Balaban J connectivity index is 1.30. The minimum absolute atomic E-state index is 0.0722. The smallest absolute Gasteiger partial charge is 0.360 e. The maximum absolute atomic E-state index is 13.9. The molecular weight excluding hydrogens is 433 g/mol. The van der Waals surface area contributed by atoms with E-state index in [0.29, 0.717) is 36.1 Å². The molecule has 6 nitrogen and oxygen atoms in total. The van der Waals surface area contributed by atoms with Gasteiger partial charge in [0, 0.05) is 38.1 Å². The molecule has 3 atom stereocenters. The fraction of sp³-hybridized carbons (Fsp3) is 0.667. The number of methoxy groups -OCH3 is 1. The number of nitrogens with zero attached hydrogens (tertiary/aromatic N) is 4. The molecule has 9 heteroatoms. The highest BCUT2D eigenvalue weighted by Crippen LogP contribution is 2.53. The first-order chi connectivity index (χ1) is 15.7. The number of imidazole rings is 1. The van der Waals surface area contributed by atoms with E-state index in [4.69, 9.17) is 4.74 Å². The van der Waals surface area contributed by atoms with Gasteiger partial charge in [0.1, 0.15) is 11.3 Å². The Hall–Kier alpha value is -2.13. The lowest BCUT2D eigenvalue weighted by molar-refractivity contribution is -0.146. The van der Waals surface area contributed by atoms with Gasteiger partial charge in [-0.15, -0.1) is 0 Å². The van der Waals surface area contributed by atoms with Crippen LogP contribution in [0.3, 0.4) is 0 Å². The van der Waals surface area contributed by atoms with E-state index < -0.39 is 18.0 Å². The maximum Gasteiger partial charge on any atom is 0.419 e. The molecule has 3 aliphatic carbocycles. The second kappa shape index (κ2) is 7.43. The van der Waals surface area contributed by atoms with Gasteiger partial charge in [-0.05, 0) is 68.4 Å². The van der Waals surface area contributed by atoms with Crippen molar-refractivity contribution in [2.24, 2.45) is 11.8 Å². The van der Waals surface area contributed by atoms with Crippen molar-refractivity contribution in [3.8, 4) is 0 Å². The van der Waals surface area contributed by atoms with Crippen molar-refractivity contribution in [1.29, 1.82) is 0 Å². The molecule has 178 valence electrons. The molecular formula is C24H29F3N4O2.